The van der Waals surface area contributed by atoms with Crippen molar-refractivity contribution in [3.05, 3.63) is 0 Å². The lowest BCUT2D eigenvalue weighted by Crippen LogP contribution is -2.15. The van der Waals surface area contributed by atoms with Gasteiger partial charge in [-0.3, -0.25) is 4.79 Å². The molecule has 0 spiro atoms. The monoisotopic (exact) mass is 99.1 g/mol. The van der Waals surface area contributed by atoms with Gasteiger partial charge in [0, 0.05) is 13.1 Å². The number of likely N-dealkylation sites (tertiary alicyclic amines) is 1. The molecule has 0 aliphatic carbocycles. The molecule has 0 bridgehead atoms. The number of carbonyl (C=O) groups is 1. The van der Waals surface area contributed by atoms with Crippen LogP contribution in [0.3, 0.4) is 0 Å². The van der Waals surface area contributed by atoms with Gasteiger partial charge in [0.25, 0.3) is 0 Å². The Kier molecular flexibility index (Phi) is 1.29. The molecule has 2 nitrogen and oxygen atoms in total. The summed E-state index contributed by atoms with van der Waals surface area (Å²) in [5.74, 6) is 0. The van der Waals surface area contributed by atoms with E-state index in [9.17, 15) is 4.79 Å². The second-order valence-electron chi connectivity index (χ2n) is 1.85. The molecule has 0 aromatic carbocycles. The lowest BCUT2D eigenvalue weighted by molar-refractivity contribution is -0.117. The van der Waals surface area contributed by atoms with Crippen LogP contribution in [0.15, 0.2) is 0 Å². The summed E-state index contributed by atoms with van der Waals surface area (Å²) in [5, 5.41) is 0. The molecule has 0 atom stereocenters. The SMILES string of the molecule is O=CN1CCCC1. The highest BCUT2D eigenvalue weighted by molar-refractivity contribution is 5.47. The fourth-order valence-electron chi connectivity index (χ4n) is 0.847. The third-order valence-corrected chi connectivity index (χ3v) is 1.29. The van der Waals surface area contributed by atoms with Crippen LogP contribution in [-0.2, 0) is 4.79 Å². The third kappa shape index (κ3) is 0.918. The summed E-state index contributed by atoms with van der Waals surface area (Å²) in [5.41, 5.74) is 0. The molecular formula is C5H9NO. The normalized spacial score (nSPS) is 20.3. The number of rotatable bonds is 1. The molecule has 1 rings (SSSR count). The van der Waals surface area contributed by atoms with E-state index in [-0.39, 0.29) is 0 Å². The van der Waals surface area contributed by atoms with Gasteiger partial charge in [0.1, 0.15) is 0 Å². The number of hydrogen-bond acceptors (Lipinski definition) is 1. The predicted octanol–water partition coefficient (Wildman–Crippen LogP) is 0.239. The highest BCUT2D eigenvalue weighted by atomic mass is 16.1. The standard InChI is InChI=1S/C5H9NO/c7-5-6-3-1-2-4-6/h5H,1-4H2. The maximum absolute atomic E-state index is 9.93. The Morgan fingerprint density at radius 2 is 1.86 bits per heavy atom. The summed E-state index contributed by atoms with van der Waals surface area (Å²) in [6, 6.07) is 0. The average Bonchev–Trinajstić information content (AvgIpc) is 2.14. The van der Waals surface area contributed by atoms with Crippen molar-refractivity contribution < 1.29 is 4.79 Å². The van der Waals surface area contributed by atoms with Crippen LogP contribution in [0.2, 0.25) is 0 Å². The first-order valence-electron chi connectivity index (χ1n) is 2.63. The number of carbonyl (C=O) groups excluding carboxylic acids is 1. The van der Waals surface area contributed by atoms with E-state index in [4.69, 9.17) is 0 Å². The van der Waals surface area contributed by atoms with Crippen molar-refractivity contribution in [1.82, 2.24) is 4.90 Å². The van der Waals surface area contributed by atoms with Crippen molar-refractivity contribution in [2.45, 2.75) is 12.8 Å². The molecule has 7 heavy (non-hydrogen) atoms. The van der Waals surface area contributed by atoms with Gasteiger partial charge in [-0.1, -0.05) is 0 Å². The molecular weight excluding hydrogens is 90.1 g/mol. The molecule has 1 fully saturated rings. The van der Waals surface area contributed by atoms with Crippen LogP contribution in [-0.4, -0.2) is 24.4 Å². The first-order chi connectivity index (χ1) is 3.43. The molecule has 0 aromatic heterocycles. The van der Waals surface area contributed by atoms with Gasteiger partial charge in [-0.25, -0.2) is 0 Å². The zero-order valence-electron chi connectivity index (χ0n) is 4.26. The molecule has 0 unspecified atom stereocenters. The molecule has 40 valence electrons. The number of nitrogens with zero attached hydrogens (tertiary/aromatic N) is 1. The van der Waals surface area contributed by atoms with E-state index in [0.717, 1.165) is 19.5 Å². The summed E-state index contributed by atoms with van der Waals surface area (Å²) in [4.78, 5) is 11.7. The Balaban J connectivity index is 2.26. The second-order valence-corrected chi connectivity index (χ2v) is 1.85. The van der Waals surface area contributed by atoms with E-state index in [1.165, 1.54) is 12.8 Å². The minimum Gasteiger partial charge on any atom is -0.345 e. The fourth-order valence-corrected chi connectivity index (χ4v) is 0.847. The molecule has 1 saturated heterocycles. The van der Waals surface area contributed by atoms with E-state index in [1.807, 2.05) is 0 Å². The first-order valence-corrected chi connectivity index (χ1v) is 2.63. The molecule has 1 amide bonds. The van der Waals surface area contributed by atoms with E-state index in [0.29, 0.717) is 0 Å². The smallest absolute Gasteiger partial charge is 0.209 e. The Morgan fingerprint density at radius 1 is 1.29 bits per heavy atom. The predicted molar refractivity (Wildman–Crippen MR) is 26.9 cm³/mol. The van der Waals surface area contributed by atoms with Crippen LogP contribution >= 0.6 is 0 Å². The lowest BCUT2D eigenvalue weighted by Gasteiger charge is -2.03. The maximum atomic E-state index is 9.93. The highest BCUT2D eigenvalue weighted by Gasteiger charge is 2.06. The van der Waals surface area contributed by atoms with Gasteiger partial charge in [0.15, 0.2) is 0 Å². The molecule has 0 radical (unpaired) electrons. The van der Waals surface area contributed by atoms with Gasteiger partial charge in [-0.2, -0.15) is 0 Å². The van der Waals surface area contributed by atoms with Gasteiger partial charge in [0.2, 0.25) is 6.41 Å². The van der Waals surface area contributed by atoms with Gasteiger partial charge < -0.3 is 4.90 Å². The summed E-state index contributed by atoms with van der Waals surface area (Å²) >= 11 is 0. The van der Waals surface area contributed by atoms with Crippen molar-refractivity contribution in [2.24, 2.45) is 0 Å². The molecule has 1 aliphatic rings. The van der Waals surface area contributed by atoms with Crippen molar-refractivity contribution >= 4 is 6.41 Å². The highest BCUT2D eigenvalue weighted by Crippen LogP contribution is 2.02. The Bertz CT molecular complexity index is 66.5. The van der Waals surface area contributed by atoms with Crippen LogP contribution in [0, 0.1) is 0 Å². The quantitative estimate of drug-likeness (QED) is 0.431. The Labute approximate surface area is 43.1 Å². The van der Waals surface area contributed by atoms with Crippen molar-refractivity contribution in [2.75, 3.05) is 13.1 Å². The Hall–Kier alpha value is -0.530. The van der Waals surface area contributed by atoms with Gasteiger partial charge >= 0.3 is 0 Å². The molecule has 0 saturated carbocycles. The Morgan fingerprint density at radius 3 is 2.14 bits per heavy atom. The maximum Gasteiger partial charge on any atom is 0.209 e. The molecule has 0 N–H and O–H groups in total. The second kappa shape index (κ2) is 1.96. The van der Waals surface area contributed by atoms with Crippen LogP contribution in [0.25, 0.3) is 0 Å². The zero-order valence-corrected chi connectivity index (χ0v) is 4.26. The zero-order chi connectivity index (χ0) is 5.11. The summed E-state index contributed by atoms with van der Waals surface area (Å²) in [7, 11) is 0. The van der Waals surface area contributed by atoms with Crippen LogP contribution in [0.4, 0.5) is 0 Å². The summed E-state index contributed by atoms with van der Waals surface area (Å²) < 4.78 is 0. The average molecular weight is 99.1 g/mol. The minimum atomic E-state index is 0.924. The van der Waals surface area contributed by atoms with Crippen molar-refractivity contribution in [3.8, 4) is 0 Å². The van der Waals surface area contributed by atoms with E-state index >= 15 is 0 Å². The van der Waals surface area contributed by atoms with Crippen LogP contribution in [0.1, 0.15) is 12.8 Å². The largest absolute Gasteiger partial charge is 0.345 e. The molecule has 1 heterocycles. The van der Waals surface area contributed by atoms with E-state index in [1.54, 1.807) is 4.90 Å². The van der Waals surface area contributed by atoms with E-state index in [2.05, 4.69) is 0 Å². The third-order valence-electron chi connectivity index (χ3n) is 1.29. The molecule has 1 aliphatic heterocycles. The van der Waals surface area contributed by atoms with Gasteiger partial charge in [0.05, 0.1) is 0 Å². The summed E-state index contributed by atoms with van der Waals surface area (Å²) in [6.45, 7) is 1.95. The summed E-state index contributed by atoms with van der Waals surface area (Å²) in [6.07, 6.45) is 3.31. The van der Waals surface area contributed by atoms with Gasteiger partial charge in [-0.05, 0) is 12.8 Å². The lowest BCUT2D eigenvalue weighted by atomic mass is 10.4. The fraction of sp³-hybridized carbons (Fsp3) is 0.800. The minimum absolute atomic E-state index is 0.924. The van der Waals surface area contributed by atoms with Crippen molar-refractivity contribution in [3.63, 3.8) is 0 Å². The number of amides is 1. The van der Waals surface area contributed by atoms with E-state index < -0.39 is 0 Å². The van der Waals surface area contributed by atoms with Gasteiger partial charge in [-0.15, -0.1) is 0 Å². The molecule has 2 heteroatoms. The van der Waals surface area contributed by atoms with Crippen LogP contribution < -0.4 is 0 Å². The first kappa shape index (κ1) is 4.62. The molecule has 0 aromatic rings. The number of hydrogen-bond donors (Lipinski definition) is 0. The van der Waals surface area contributed by atoms with Crippen LogP contribution in [0.5, 0.6) is 0 Å². The topological polar surface area (TPSA) is 20.3 Å². The van der Waals surface area contributed by atoms with Crippen molar-refractivity contribution in [1.29, 1.82) is 0 Å².